The summed E-state index contributed by atoms with van der Waals surface area (Å²) in [5.41, 5.74) is 3.63. The van der Waals surface area contributed by atoms with Gasteiger partial charge in [-0.2, -0.15) is 0 Å². The van der Waals surface area contributed by atoms with Crippen molar-refractivity contribution in [2.75, 3.05) is 26.8 Å². The summed E-state index contributed by atoms with van der Waals surface area (Å²) >= 11 is 0. The van der Waals surface area contributed by atoms with Crippen molar-refractivity contribution in [1.29, 1.82) is 0 Å². The van der Waals surface area contributed by atoms with Crippen LogP contribution < -0.4 is 5.56 Å². The number of ether oxygens (including phenoxy) is 1. The molecule has 0 aliphatic carbocycles. The van der Waals surface area contributed by atoms with E-state index >= 15 is 0 Å². The van der Waals surface area contributed by atoms with Crippen molar-refractivity contribution in [3.05, 3.63) is 93.2 Å². The third-order valence-corrected chi connectivity index (χ3v) is 5.91. The number of methoxy groups -OCH3 is 1. The van der Waals surface area contributed by atoms with Crippen LogP contribution >= 0.6 is 0 Å². The van der Waals surface area contributed by atoms with Gasteiger partial charge in [0.2, 0.25) is 5.75 Å². The Morgan fingerprint density at radius 2 is 1.76 bits per heavy atom. The lowest BCUT2D eigenvalue weighted by atomic mass is 9.94. The van der Waals surface area contributed by atoms with Gasteiger partial charge in [0.15, 0.2) is 0 Å². The molecule has 1 atom stereocenters. The third kappa shape index (κ3) is 5.68. The number of aliphatic hydroxyl groups is 1. The van der Waals surface area contributed by atoms with E-state index in [1.807, 2.05) is 36.4 Å². The number of nitrogens with zero attached hydrogens (tertiary/aromatic N) is 2. The van der Waals surface area contributed by atoms with E-state index in [0.29, 0.717) is 6.10 Å². The van der Waals surface area contributed by atoms with Gasteiger partial charge < -0.3 is 19.9 Å². The molecule has 1 saturated heterocycles. The smallest absolute Gasteiger partial charge is 0.293 e. The van der Waals surface area contributed by atoms with E-state index in [2.05, 4.69) is 38.8 Å². The molecule has 7 heteroatoms. The Hall–Kier alpha value is -3.44. The Morgan fingerprint density at radius 1 is 1.12 bits per heavy atom. The van der Waals surface area contributed by atoms with E-state index in [9.17, 15) is 15.0 Å². The summed E-state index contributed by atoms with van der Waals surface area (Å²) in [5, 5.41) is 19.7. The van der Waals surface area contributed by atoms with Gasteiger partial charge in [-0.15, -0.1) is 0 Å². The van der Waals surface area contributed by atoms with Crippen LogP contribution in [0.2, 0.25) is 0 Å². The highest BCUT2D eigenvalue weighted by Crippen LogP contribution is 2.23. The molecule has 0 amide bonds. The summed E-state index contributed by atoms with van der Waals surface area (Å²) < 4.78 is 5.31. The van der Waals surface area contributed by atoms with Gasteiger partial charge in [-0.25, -0.2) is 4.98 Å². The Morgan fingerprint density at radius 3 is 2.36 bits per heavy atom. The first kappa shape index (κ1) is 22.7. The summed E-state index contributed by atoms with van der Waals surface area (Å²) in [6, 6.07) is 15.9. The van der Waals surface area contributed by atoms with Crippen molar-refractivity contribution < 1.29 is 14.9 Å². The van der Waals surface area contributed by atoms with Gasteiger partial charge in [0.05, 0.1) is 24.7 Å². The average Bonchev–Trinajstić information content (AvgIpc) is 2.82. The number of likely N-dealkylation sites (tertiary alicyclic amines) is 1. The minimum absolute atomic E-state index is 0.130. The molecule has 170 valence electrons. The molecule has 4 rings (SSSR count). The maximum absolute atomic E-state index is 11.6. The van der Waals surface area contributed by atoms with Crippen LogP contribution in [-0.2, 0) is 17.7 Å². The lowest BCUT2D eigenvalue weighted by Crippen LogP contribution is -2.50. The second-order valence-corrected chi connectivity index (χ2v) is 8.23. The van der Waals surface area contributed by atoms with Crippen LogP contribution in [0.4, 0.5) is 0 Å². The molecular weight excluding hydrogens is 418 g/mol. The van der Waals surface area contributed by atoms with E-state index in [-0.39, 0.29) is 24.6 Å². The summed E-state index contributed by atoms with van der Waals surface area (Å²) in [4.78, 5) is 20.3. The van der Waals surface area contributed by atoms with Gasteiger partial charge >= 0.3 is 0 Å². The number of rotatable bonds is 7. The molecule has 0 radical (unpaired) electrons. The van der Waals surface area contributed by atoms with Gasteiger partial charge in [-0.05, 0) is 35.4 Å². The first-order valence-corrected chi connectivity index (χ1v) is 10.9. The van der Waals surface area contributed by atoms with Crippen LogP contribution in [0.3, 0.4) is 0 Å². The Labute approximate surface area is 192 Å². The predicted molar refractivity (Wildman–Crippen MR) is 125 cm³/mol. The molecule has 0 unspecified atom stereocenters. The number of nitrogens with one attached hydrogen (secondary N) is 1. The Kier molecular flexibility index (Phi) is 7.20. The van der Waals surface area contributed by atoms with E-state index in [0.717, 1.165) is 36.3 Å². The topological polar surface area (TPSA) is 98.7 Å². The van der Waals surface area contributed by atoms with E-state index in [4.69, 9.17) is 4.74 Å². The van der Waals surface area contributed by atoms with Gasteiger partial charge in [-0.1, -0.05) is 36.1 Å². The van der Waals surface area contributed by atoms with Gasteiger partial charge in [-0.3, -0.25) is 9.69 Å². The zero-order valence-electron chi connectivity index (χ0n) is 18.5. The standard InChI is InChI=1S/C26H27N3O4/c1-33-23-14-29(15-23)13-20-6-4-18(5-7-20)2-3-19-8-10-21(11-9-19)22(16-30)12-24-25(31)26(32)28-17-27-24/h4-11,17,22-23,30-31H,12-16H2,1H3,(H,27,28,32)/t22-/m1/s1. The highest BCUT2D eigenvalue weighted by atomic mass is 16.5. The summed E-state index contributed by atoms with van der Waals surface area (Å²) in [6.07, 6.45) is 1.87. The van der Waals surface area contributed by atoms with Crippen LogP contribution in [0, 0.1) is 11.8 Å². The SMILES string of the molecule is COC1CN(Cc2ccc(C#Cc3ccc([C@@H](CO)Cc4nc[nH]c(=O)c4O)cc3)cc2)C1. The molecule has 0 spiro atoms. The minimum atomic E-state index is -0.587. The zero-order valence-corrected chi connectivity index (χ0v) is 18.5. The molecule has 2 aromatic carbocycles. The molecule has 1 aliphatic heterocycles. The number of aromatic hydroxyl groups is 1. The van der Waals surface area contributed by atoms with Gasteiger partial charge in [0.1, 0.15) is 0 Å². The highest BCUT2D eigenvalue weighted by molar-refractivity contribution is 5.44. The minimum Gasteiger partial charge on any atom is -0.502 e. The second-order valence-electron chi connectivity index (χ2n) is 8.23. The maximum atomic E-state index is 11.6. The molecule has 3 N–H and O–H groups in total. The number of benzene rings is 2. The fourth-order valence-corrected chi connectivity index (χ4v) is 3.84. The molecule has 7 nitrogen and oxygen atoms in total. The van der Waals surface area contributed by atoms with Crippen LogP contribution in [0.25, 0.3) is 0 Å². The highest BCUT2D eigenvalue weighted by Gasteiger charge is 2.25. The summed E-state index contributed by atoms with van der Waals surface area (Å²) in [7, 11) is 1.76. The molecule has 3 aromatic rings. The first-order valence-electron chi connectivity index (χ1n) is 10.9. The lowest BCUT2D eigenvalue weighted by Gasteiger charge is -2.38. The molecule has 0 bridgehead atoms. The summed E-state index contributed by atoms with van der Waals surface area (Å²) in [6.45, 7) is 2.75. The zero-order chi connectivity index (χ0) is 23.2. The van der Waals surface area contributed by atoms with E-state index in [1.54, 1.807) is 7.11 Å². The monoisotopic (exact) mass is 445 g/mol. The number of hydrogen-bond acceptors (Lipinski definition) is 6. The molecule has 0 saturated carbocycles. The predicted octanol–water partition coefficient (Wildman–Crippen LogP) is 2.02. The Balaban J connectivity index is 1.37. The third-order valence-electron chi connectivity index (χ3n) is 5.91. The van der Waals surface area contributed by atoms with Crippen LogP contribution in [0.1, 0.15) is 33.9 Å². The van der Waals surface area contributed by atoms with Crippen molar-refractivity contribution in [2.24, 2.45) is 0 Å². The van der Waals surface area contributed by atoms with Crippen LogP contribution in [0.15, 0.2) is 59.7 Å². The Bertz CT molecular complexity index is 1190. The molecule has 2 heterocycles. The van der Waals surface area contributed by atoms with Crippen molar-refractivity contribution in [3.63, 3.8) is 0 Å². The normalized spacial score (nSPS) is 14.8. The van der Waals surface area contributed by atoms with Crippen molar-refractivity contribution in [2.45, 2.75) is 25.0 Å². The largest absolute Gasteiger partial charge is 0.502 e. The average molecular weight is 446 g/mol. The number of aromatic nitrogens is 2. The van der Waals surface area contributed by atoms with Crippen LogP contribution in [0.5, 0.6) is 5.75 Å². The first-order chi connectivity index (χ1) is 16.1. The number of hydrogen-bond donors (Lipinski definition) is 3. The van der Waals surface area contributed by atoms with Crippen molar-refractivity contribution in [3.8, 4) is 17.6 Å². The second kappa shape index (κ2) is 10.5. The molecule has 1 fully saturated rings. The maximum Gasteiger partial charge on any atom is 0.293 e. The van der Waals surface area contributed by atoms with Gasteiger partial charge in [0.25, 0.3) is 5.56 Å². The van der Waals surface area contributed by atoms with Crippen LogP contribution in [-0.4, -0.2) is 58.0 Å². The molecule has 1 aromatic heterocycles. The van der Waals surface area contributed by atoms with E-state index < -0.39 is 11.3 Å². The fraction of sp³-hybridized carbons (Fsp3) is 0.308. The quantitative estimate of drug-likeness (QED) is 0.482. The van der Waals surface area contributed by atoms with Gasteiger partial charge in [0, 0.05) is 50.2 Å². The van der Waals surface area contributed by atoms with Crippen molar-refractivity contribution >= 4 is 0 Å². The number of aliphatic hydroxyl groups excluding tert-OH is 1. The fourth-order valence-electron chi connectivity index (χ4n) is 3.84. The molecular formula is C26H27N3O4. The number of aromatic amines is 1. The molecule has 1 aliphatic rings. The van der Waals surface area contributed by atoms with Crippen molar-refractivity contribution in [1.82, 2.24) is 14.9 Å². The number of H-pyrrole nitrogens is 1. The molecule has 33 heavy (non-hydrogen) atoms. The van der Waals surface area contributed by atoms with E-state index in [1.165, 1.54) is 11.9 Å². The lowest BCUT2D eigenvalue weighted by molar-refractivity contribution is -0.0333. The summed E-state index contributed by atoms with van der Waals surface area (Å²) in [5.74, 6) is 5.66.